The zero-order chi connectivity index (χ0) is 13.9. The predicted molar refractivity (Wildman–Crippen MR) is 78.0 cm³/mol. The van der Waals surface area contributed by atoms with E-state index in [2.05, 4.69) is 6.92 Å². The minimum absolute atomic E-state index is 0.391. The van der Waals surface area contributed by atoms with Crippen molar-refractivity contribution in [2.75, 3.05) is 19.0 Å². The first-order valence-electron chi connectivity index (χ1n) is 6.73. The molecule has 0 bridgehead atoms. The maximum Gasteiger partial charge on any atom is 0.243 e. The lowest BCUT2D eigenvalue weighted by Crippen LogP contribution is -2.28. The van der Waals surface area contributed by atoms with Gasteiger partial charge in [-0.3, -0.25) is 0 Å². The zero-order valence-corrected chi connectivity index (χ0v) is 12.8. The van der Waals surface area contributed by atoms with Crippen molar-refractivity contribution in [1.29, 1.82) is 0 Å². The molecule has 0 aromatic heterocycles. The van der Waals surface area contributed by atoms with Gasteiger partial charge < -0.3 is 0 Å². The van der Waals surface area contributed by atoms with Crippen LogP contribution in [0.1, 0.15) is 25.3 Å². The summed E-state index contributed by atoms with van der Waals surface area (Å²) in [6.45, 7) is 3.41. The second-order valence-corrected chi connectivity index (χ2v) is 7.32. The highest BCUT2D eigenvalue weighted by Gasteiger charge is 2.31. The van der Waals surface area contributed by atoms with Crippen LogP contribution >= 0.6 is 11.6 Å². The minimum atomic E-state index is -3.31. The fraction of sp³-hybridized carbons (Fsp3) is 0.571. The monoisotopic (exact) mass is 301 g/mol. The van der Waals surface area contributed by atoms with Gasteiger partial charge >= 0.3 is 0 Å². The molecule has 1 heterocycles. The highest BCUT2D eigenvalue weighted by molar-refractivity contribution is 7.89. The molecule has 0 saturated carbocycles. The van der Waals surface area contributed by atoms with Crippen LogP contribution in [0.25, 0.3) is 0 Å². The van der Waals surface area contributed by atoms with Crippen molar-refractivity contribution in [2.45, 2.75) is 31.1 Å². The number of alkyl halides is 1. The molecule has 0 aliphatic carbocycles. The van der Waals surface area contributed by atoms with E-state index < -0.39 is 10.0 Å². The SMILES string of the molecule is CCC1CCN(S(=O)(=O)c2ccc(CCCl)cc2)C1. The fourth-order valence-corrected chi connectivity index (χ4v) is 4.18. The van der Waals surface area contributed by atoms with Gasteiger partial charge in [-0.1, -0.05) is 25.5 Å². The summed E-state index contributed by atoms with van der Waals surface area (Å²) in [5.41, 5.74) is 1.07. The summed E-state index contributed by atoms with van der Waals surface area (Å²) in [7, 11) is -3.31. The second-order valence-electron chi connectivity index (χ2n) is 5.01. The molecule has 19 heavy (non-hydrogen) atoms. The third-order valence-corrected chi connectivity index (χ3v) is 5.84. The van der Waals surface area contributed by atoms with Crippen LogP contribution in [0.3, 0.4) is 0 Å². The molecule has 1 aliphatic heterocycles. The van der Waals surface area contributed by atoms with Crippen molar-refractivity contribution < 1.29 is 8.42 Å². The maximum absolute atomic E-state index is 12.5. The van der Waals surface area contributed by atoms with Gasteiger partial charge in [0.1, 0.15) is 0 Å². The van der Waals surface area contributed by atoms with Crippen LogP contribution in [-0.4, -0.2) is 31.7 Å². The standard InChI is InChI=1S/C14H20ClNO2S/c1-2-12-8-10-16(11-12)19(17,18)14-5-3-13(4-6-14)7-9-15/h3-6,12H,2,7-11H2,1H3. The van der Waals surface area contributed by atoms with Crippen molar-refractivity contribution in [3.05, 3.63) is 29.8 Å². The molecule has 3 nitrogen and oxygen atoms in total. The highest BCUT2D eigenvalue weighted by atomic mass is 35.5. The molecule has 0 radical (unpaired) electrons. The van der Waals surface area contributed by atoms with Gasteiger partial charge in [0.25, 0.3) is 0 Å². The first-order valence-corrected chi connectivity index (χ1v) is 8.70. The fourth-order valence-electron chi connectivity index (χ4n) is 2.43. The van der Waals surface area contributed by atoms with E-state index in [1.54, 1.807) is 16.4 Å². The molecule has 1 atom stereocenters. The molecule has 1 aliphatic rings. The Balaban J connectivity index is 2.15. The quantitative estimate of drug-likeness (QED) is 0.784. The van der Waals surface area contributed by atoms with E-state index in [-0.39, 0.29) is 0 Å². The average molecular weight is 302 g/mol. The molecule has 1 aromatic rings. The summed E-state index contributed by atoms with van der Waals surface area (Å²) < 4.78 is 26.5. The van der Waals surface area contributed by atoms with Gasteiger partial charge in [-0.15, -0.1) is 11.6 Å². The number of halogens is 1. The topological polar surface area (TPSA) is 37.4 Å². The van der Waals surface area contributed by atoms with E-state index in [0.717, 1.165) is 24.8 Å². The summed E-state index contributed by atoms with van der Waals surface area (Å²) in [5, 5.41) is 0. The third kappa shape index (κ3) is 3.30. The van der Waals surface area contributed by atoms with Crippen LogP contribution in [0.4, 0.5) is 0 Å². The molecule has 0 amide bonds. The summed E-state index contributed by atoms with van der Waals surface area (Å²) in [6.07, 6.45) is 2.78. The number of hydrogen-bond acceptors (Lipinski definition) is 2. The van der Waals surface area contributed by atoms with Gasteiger partial charge in [0.15, 0.2) is 0 Å². The number of sulfonamides is 1. The van der Waals surface area contributed by atoms with E-state index in [0.29, 0.717) is 29.8 Å². The van der Waals surface area contributed by atoms with Crippen molar-refractivity contribution in [3.8, 4) is 0 Å². The second kappa shape index (κ2) is 6.25. The Bertz CT molecular complexity index is 513. The Morgan fingerprint density at radius 1 is 1.32 bits per heavy atom. The lowest BCUT2D eigenvalue weighted by atomic mass is 10.1. The summed E-state index contributed by atoms with van der Waals surface area (Å²) in [6, 6.07) is 7.08. The Morgan fingerprint density at radius 3 is 2.53 bits per heavy atom. The van der Waals surface area contributed by atoms with E-state index in [1.165, 1.54) is 0 Å². The molecule has 1 saturated heterocycles. The number of aryl methyl sites for hydroxylation is 1. The molecule has 5 heteroatoms. The van der Waals surface area contributed by atoms with E-state index in [1.807, 2.05) is 12.1 Å². The molecular formula is C14H20ClNO2S. The van der Waals surface area contributed by atoms with Gasteiger partial charge in [-0.05, 0) is 36.5 Å². The Labute approximate surface area is 120 Å². The van der Waals surface area contributed by atoms with Crippen LogP contribution in [-0.2, 0) is 16.4 Å². The molecule has 0 N–H and O–H groups in total. The minimum Gasteiger partial charge on any atom is -0.207 e. The van der Waals surface area contributed by atoms with Crippen LogP contribution in [0.2, 0.25) is 0 Å². The summed E-state index contributed by atoms with van der Waals surface area (Å²) >= 11 is 5.67. The van der Waals surface area contributed by atoms with Gasteiger partial charge in [-0.2, -0.15) is 4.31 Å². The van der Waals surface area contributed by atoms with Gasteiger partial charge in [-0.25, -0.2) is 8.42 Å². The van der Waals surface area contributed by atoms with Gasteiger partial charge in [0.2, 0.25) is 10.0 Å². The molecular weight excluding hydrogens is 282 g/mol. The van der Waals surface area contributed by atoms with Gasteiger partial charge in [0.05, 0.1) is 4.90 Å². The van der Waals surface area contributed by atoms with Gasteiger partial charge in [0, 0.05) is 19.0 Å². The Morgan fingerprint density at radius 2 is 2.00 bits per heavy atom. The molecule has 106 valence electrons. The molecule has 1 fully saturated rings. The van der Waals surface area contributed by atoms with E-state index in [9.17, 15) is 8.42 Å². The number of rotatable bonds is 5. The normalized spacial score (nSPS) is 20.8. The number of nitrogens with zero attached hydrogens (tertiary/aromatic N) is 1. The van der Waals surface area contributed by atoms with Crippen LogP contribution in [0.5, 0.6) is 0 Å². The molecule has 0 spiro atoms. The summed E-state index contributed by atoms with van der Waals surface area (Å²) in [4.78, 5) is 0.391. The van der Waals surface area contributed by atoms with Crippen molar-refractivity contribution in [3.63, 3.8) is 0 Å². The predicted octanol–water partition coefficient (Wildman–Crippen LogP) is 2.89. The number of benzene rings is 1. The van der Waals surface area contributed by atoms with Crippen molar-refractivity contribution in [1.82, 2.24) is 4.31 Å². The smallest absolute Gasteiger partial charge is 0.207 e. The number of hydrogen-bond donors (Lipinski definition) is 0. The van der Waals surface area contributed by atoms with Crippen LogP contribution in [0, 0.1) is 5.92 Å². The maximum atomic E-state index is 12.5. The first-order chi connectivity index (χ1) is 9.07. The average Bonchev–Trinajstić information content (AvgIpc) is 2.89. The Hall–Kier alpha value is -0.580. The van der Waals surface area contributed by atoms with E-state index >= 15 is 0 Å². The molecule has 1 unspecified atom stereocenters. The van der Waals surface area contributed by atoms with Crippen LogP contribution < -0.4 is 0 Å². The molecule has 2 rings (SSSR count). The largest absolute Gasteiger partial charge is 0.243 e. The van der Waals surface area contributed by atoms with Crippen LogP contribution in [0.15, 0.2) is 29.2 Å². The summed E-state index contributed by atoms with van der Waals surface area (Å²) in [5.74, 6) is 1.06. The first kappa shape index (κ1) is 14.8. The zero-order valence-electron chi connectivity index (χ0n) is 11.2. The molecule has 1 aromatic carbocycles. The third-order valence-electron chi connectivity index (χ3n) is 3.77. The Kier molecular flexibility index (Phi) is 4.87. The lowest BCUT2D eigenvalue weighted by Gasteiger charge is -2.16. The lowest BCUT2D eigenvalue weighted by molar-refractivity contribution is 0.453. The van der Waals surface area contributed by atoms with E-state index in [4.69, 9.17) is 11.6 Å². The highest BCUT2D eigenvalue weighted by Crippen LogP contribution is 2.26. The van der Waals surface area contributed by atoms with Crippen molar-refractivity contribution in [2.24, 2.45) is 5.92 Å². The van der Waals surface area contributed by atoms with Crippen molar-refractivity contribution >= 4 is 21.6 Å².